The van der Waals surface area contributed by atoms with E-state index >= 15 is 0 Å². The zero-order valence-corrected chi connectivity index (χ0v) is 19.8. The second-order valence-corrected chi connectivity index (χ2v) is 9.28. The Morgan fingerprint density at radius 3 is 2.43 bits per heavy atom. The van der Waals surface area contributed by atoms with Crippen molar-refractivity contribution in [2.75, 3.05) is 37.7 Å². The lowest BCUT2D eigenvalue weighted by Crippen LogP contribution is -2.51. The van der Waals surface area contributed by atoms with Gasteiger partial charge in [0.05, 0.1) is 12.4 Å². The predicted molar refractivity (Wildman–Crippen MR) is 132 cm³/mol. The smallest absolute Gasteiger partial charge is 0.326 e. The molecule has 2 saturated heterocycles. The molecule has 2 aliphatic rings. The molecule has 0 spiro atoms. The Labute approximate surface area is 203 Å². The molecule has 5 rings (SSSR count). The van der Waals surface area contributed by atoms with Gasteiger partial charge in [-0.1, -0.05) is 42.5 Å². The molecule has 8 heteroatoms. The first-order chi connectivity index (χ1) is 16.8. The molecule has 0 saturated carbocycles. The molecule has 1 N–H and O–H groups in total. The molecule has 2 fully saturated rings. The number of carbonyl (C=O) groups is 3. The van der Waals surface area contributed by atoms with E-state index in [1.54, 1.807) is 19.1 Å². The lowest BCUT2D eigenvalue weighted by Gasteiger charge is -2.37. The van der Waals surface area contributed by atoms with E-state index in [9.17, 15) is 18.8 Å². The number of carbonyl (C=O) groups excluding carboxylic acids is 3. The molecule has 3 aromatic rings. The van der Waals surface area contributed by atoms with Gasteiger partial charge in [-0.3, -0.25) is 14.5 Å². The van der Waals surface area contributed by atoms with Crippen LogP contribution in [0.2, 0.25) is 0 Å². The summed E-state index contributed by atoms with van der Waals surface area (Å²) >= 11 is 0. The maximum atomic E-state index is 14.6. The summed E-state index contributed by atoms with van der Waals surface area (Å²) < 4.78 is 14.6. The average molecular weight is 475 g/mol. The highest BCUT2D eigenvalue weighted by atomic mass is 19.1. The third-order valence-electron chi connectivity index (χ3n) is 7.01. The minimum atomic E-state index is -1.15. The van der Waals surface area contributed by atoms with Crippen LogP contribution in [0, 0.1) is 5.82 Å². The van der Waals surface area contributed by atoms with Crippen molar-refractivity contribution in [3.05, 3.63) is 77.6 Å². The van der Waals surface area contributed by atoms with Crippen LogP contribution < -0.4 is 10.2 Å². The van der Waals surface area contributed by atoms with E-state index in [1.807, 2.05) is 52.3 Å². The summed E-state index contributed by atoms with van der Waals surface area (Å²) in [6.45, 7) is 5.55. The van der Waals surface area contributed by atoms with Crippen molar-refractivity contribution in [3.63, 3.8) is 0 Å². The van der Waals surface area contributed by atoms with Crippen LogP contribution in [0.3, 0.4) is 0 Å². The zero-order chi connectivity index (χ0) is 24.7. The number of urea groups is 1. The van der Waals surface area contributed by atoms with Gasteiger partial charge >= 0.3 is 6.03 Å². The number of imide groups is 1. The Balaban J connectivity index is 1.28. The number of rotatable bonds is 5. The number of ketones is 1. The zero-order valence-electron chi connectivity index (χ0n) is 19.8. The first-order valence-electron chi connectivity index (χ1n) is 11.7. The van der Waals surface area contributed by atoms with E-state index in [0.29, 0.717) is 37.4 Å². The first kappa shape index (κ1) is 23.0. The number of nitrogens with one attached hydrogen (secondary N) is 1. The van der Waals surface area contributed by atoms with Gasteiger partial charge in [0.15, 0.2) is 5.78 Å². The average Bonchev–Trinajstić information content (AvgIpc) is 3.07. The minimum Gasteiger partial charge on any atom is -0.367 e. The SMILES string of the molecule is CC(=O)c1ccc(N2CCN(CN3C(=O)N[C@@](C)(c4cccc5ccccc45)C3=O)CC2)c(F)c1. The van der Waals surface area contributed by atoms with Crippen molar-refractivity contribution in [2.45, 2.75) is 19.4 Å². The normalized spacial score (nSPS) is 21.0. The van der Waals surface area contributed by atoms with Crippen LogP contribution >= 0.6 is 0 Å². The maximum absolute atomic E-state index is 14.6. The van der Waals surface area contributed by atoms with Gasteiger partial charge in [0.2, 0.25) is 0 Å². The molecule has 0 radical (unpaired) electrons. The van der Waals surface area contributed by atoms with Crippen LogP contribution in [-0.2, 0) is 10.3 Å². The van der Waals surface area contributed by atoms with Crippen molar-refractivity contribution in [1.82, 2.24) is 15.1 Å². The third kappa shape index (κ3) is 4.04. The summed E-state index contributed by atoms with van der Waals surface area (Å²) in [6, 6.07) is 17.7. The molecule has 3 aromatic carbocycles. The third-order valence-corrected chi connectivity index (χ3v) is 7.01. The topological polar surface area (TPSA) is 73.0 Å². The van der Waals surface area contributed by atoms with Gasteiger partial charge in [-0.2, -0.15) is 0 Å². The number of anilines is 1. The molecule has 2 aliphatic heterocycles. The molecule has 2 heterocycles. The maximum Gasteiger partial charge on any atom is 0.326 e. The Morgan fingerprint density at radius 1 is 1.00 bits per heavy atom. The molecule has 0 aliphatic carbocycles. The minimum absolute atomic E-state index is 0.171. The van der Waals surface area contributed by atoms with Crippen LogP contribution in [0.15, 0.2) is 60.7 Å². The van der Waals surface area contributed by atoms with Crippen LogP contribution in [0.1, 0.15) is 29.8 Å². The molecule has 0 aromatic heterocycles. The van der Waals surface area contributed by atoms with Gasteiger partial charge in [0.1, 0.15) is 11.4 Å². The fourth-order valence-corrected chi connectivity index (χ4v) is 4.98. The van der Waals surface area contributed by atoms with Crippen LogP contribution in [0.4, 0.5) is 14.9 Å². The molecule has 0 unspecified atom stereocenters. The first-order valence-corrected chi connectivity index (χ1v) is 11.7. The molecule has 35 heavy (non-hydrogen) atoms. The monoisotopic (exact) mass is 474 g/mol. The van der Waals surface area contributed by atoms with E-state index in [0.717, 1.165) is 16.3 Å². The number of Topliss-reactive ketones (excluding diaryl/α,β-unsaturated/α-hetero) is 1. The predicted octanol–water partition coefficient (Wildman–Crippen LogP) is 3.73. The number of hydrogen-bond donors (Lipinski definition) is 1. The number of benzene rings is 3. The number of nitrogens with zero attached hydrogens (tertiary/aromatic N) is 3. The quantitative estimate of drug-likeness (QED) is 0.451. The van der Waals surface area contributed by atoms with E-state index in [-0.39, 0.29) is 18.4 Å². The van der Waals surface area contributed by atoms with Gasteiger partial charge in [-0.05, 0) is 48.4 Å². The van der Waals surface area contributed by atoms with E-state index < -0.39 is 17.4 Å². The van der Waals surface area contributed by atoms with E-state index in [2.05, 4.69) is 5.32 Å². The second kappa shape index (κ2) is 8.78. The van der Waals surface area contributed by atoms with Gasteiger partial charge in [-0.25, -0.2) is 14.1 Å². The summed E-state index contributed by atoms with van der Waals surface area (Å²) in [5.74, 6) is -0.887. The fraction of sp³-hybridized carbons (Fsp3) is 0.296. The van der Waals surface area contributed by atoms with Gasteiger partial charge in [0, 0.05) is 31.7 Å². The highest BCUT2D eigenvalue weighted by Gasteiger charge is 2.50. The van der Waals surface area contributed by atoms with Gasteiger partial charge in [0.25, 0.3) is 5.91 Å². The van der Waals surface area contributed by atoms with Gasteiger partial charge < -0.3 is 10.2 Å². The lowest BCUT2D eigenvalue weighted by atomic mass is 9.88. The lowest BCUT2D eigenvalue weighted by molar-refractivity contribution is -0.132. The molecule has 3 amide bonds. The Bertz CT molecular complexity index is 1330. The van der Waals surface area contributed by atoms with Crippen LogP contribution in [-0.4, -0.2) is 60.4 Å². The Morgan fingerprint density at radius 2 is 1.71 bits per heavy atom. The van der Waals surface area contributed by atoms with Crippen molar-refractivity contribution >= 4 is 34.2 Å². The Hall–Kier alpha value is -3.78. The number of fused-ring (bicyclic) bond motifs is 1. The summed E-state index contributed by atoms with van der Waals surface area (Å²) in [5, 5.41) is 4.84. The van der Waals surface area contributed by atoms with E-state index in [1.165, 1.54) is 17.9 Å². The molecule has 1 atom stereocenters. The largest absolute Gasteiger partial charge is 0.367 e. The molecular weight excluding hydrogens is 447 g/mol. The number of halogens is 1. The number of hydrogen-bond acceptors (Lipinski definition) is 5. The van der Waals surface area contributed by atoms with Crippen molar-refractivity contribution < 1.29 is 18.8 Å². The summed E-state index contributed by atoms with van der Waals surface area (Å²) in [4.78, 5) is 43.1. The van der Waals surface area contributed by atoms with Crippen molar-refractivity contribution in [2.24, 2.45) is 0 Å². The van der Waals surface area contributed by atoms with Crippen LogP contribution in [0.25, 0.3) is 10.8 Å². The molecule has 180 valence electrons. The summed E-state index contributed by atoms with van der Waals surface area (Å²) in [6.07, 6.45) is 0. The number of piperazine rings is 1. The second-order valence-electron chi connectivity index (χ2n) is 9.28. The Kier molecular flexibility index (Phi) is 5.76. The highest BCUT2D eigenvalue weighted by Crippen LogP contribution is 2.34. The van der Waals surface area contributed by atoms with E-state index in [4.69, 9.17) is 0 Å². The van der Waals surface area contributed by atoms with Crippen molar-refractivity contribution in [3.8, 4) is 0 Å². The molecule has 7 nitrogen and oxygen atoms in total. The fourth-order valence-electron chi connectivity index (χ4n) is 4.98. The molecule has 0 bridgehead atoms. The van der Waals surface area contributed by atoms with Gasteiger partial charge in [-0.15, -0.1) is 0 Å². The highest BCUT2D eigenvalue weighted by molar-refractivity contribution is 6.09. The number of amides is 3. The summed E-state index contributed by atoms with van der Waals surface area (Å²) in [7, 11) is 0. The van der Waals surface area contributed by atoms with Crippen molar-refractivity contribution in [1.29, 1.82) is 0 Å². The molecular formula is C27H27FN4O3. The summed E-state index contributed by atoms with van der Waals surface area (Å²) in [5.41, 5.74) is 0.415. The van der Waals surface area contributed by atoms with Crippen LogP contribution in [0.5, 0.6) is 0 Å². The standard InChI is InChI=1S/C27H27FN4O3/c1-18(33)20-10-11-24(23(28)16-20)31-14-12-30(13-15-31)17-32-25(34)27(2,29-26(32)35)22-9-5-7-19-6-3-4-8-21(19)22/h3-11,16H,12-15,17H2,1-2H3,(H,29,35)/t27-/m0/s1.